The summed E-state index contributed by atoms with van der Waals surface area (Å²) >= 11 is 2.90. The Morgan fingerprint density at radius 1 is 1.25 bits per heavy atom. The van der Waals surface area contributed by atoms with E-state index in [1.165, 1.54) is 23.9 Å². The van der Waals surface area contributed by atoms with E-state index in [9.17, 15) is 14.7 Å². The zero-order chi connectivity index (χ0) is 17.1. The van der Waals surface area contributed by atoms with Crippen LogP contribution in [0.5, 0.6) is 0 Å². The van der Waals surface area contributed by atoms with Gasteiger partial charge in [0.05, 0.1) is 21.9 Å². The van der Waals surface area contributed by atoms with Crippen LogP contribution in [-0.4, -0.2) is 22.6 Å². The molecule has 0 aliphatic carbocycles. The standard InChI is InChI=1S/C17H14N2O3S2/c1-10-6-7-11(16(21)22)8-13(10)18-15(20)9-23-17-19-12-4-2-3-5-14(12)24-17/h2-8H,9H2,1H3,(H,18,20)(H,21,22)/p-1. The van der Waals surface area contributed by atoms with Gasteiger partial charge in [-0.25, -0.2) is 4.98 Å². The quantitative estimate of drug-likeness (QED) is 0.710. The number of nitrogens with zero attached hydrogens (tertiary/aromatic N) is 1. The van der Waals surface area contributed by atoms with E-state index < -0.39 is 5.97 Å². The topological polar surface area (TPSA) is 82.1 Å². The van der Waals surface area contributed by atoms with Crippen molar-refractivity contribution in [1.82, 2.24) is 4.98 Å². The molecule has 0 aliphatic heterocycles. The first kappa shape index (κ1) is 16.5. The number of thiazole rings is 1. The van der Waals surface area contributed by atoms with Crippen molar-refractivity contribution in [3.8, 4) is 0 Å². The maximum Gasteiger partial charge on any atom is 0.234 e. The number of anilines is 1. The number of hydrogen-bond donors (Lipinski definition) is 1. The average Bonchev–Trinajstić information content (AvgIpc) is 2.97. The Bertz CT molecular complexity index is 888. The predicted molar refractivity (Wildman–Crippen MR) is 94.5 cm³/mol. The third-order valence-electron chi connectivity index (χ3n) is 3.35. The first-order chi connectivity index (χ1) is 11.5. The summed E-state index contributed by atoms with van der Waals surface area (Å²) < 4.78 is 1.91. The summed E-state index contributed by atoms with van der Waals surface area (Å²) in [7, 11) is 0. The van der Waals surface area contributed by atoms with Gasteiger partial charge in [0, 0.05) is 5.69 Å². The molecule has 1 heterocycles. The highest BCUT2D eigenvalue weighted by molar-refractivity contribution is 8.01. The second kappa shape index (κ2) is 7.02. The van der Waals surface area contributed by atoms with E-state index in [4.69, 9.17) is 0 Å². The number of carboxylic acid groups (broad SMARTS) is 1. The van der Waals surface area contributed by atoms with Crippen molar-refractivity contribution in [2.45, 2.75) is 11.3 Å². The number of rotatable bonds is 5. The van der Waals surface area contributed by atoms with E-state index in [0.29, 0.717) is 5.69 Å². The van der Waals surface area contributed by atoms with Gasteiger partial charge < -0.3 is 15.2 Å². The second-order valence-corrected chi connectivity index (χ2v) is 7.35. The van der Waals surface area contributed by atoms with Gasteiger partial charge in [-0.05, 0) is 36.2 Å². The summed E-state index contributed by atoms with van der Waals surface area (Å²) in [6.45, 7) is 1.80. The number of aryl methyl sites for hydroxylation is 1. The summed E-state index contributed by atoms with van der Waals surface area (Å²) in [6.07, 6.45) is 0. The maximum atomic E-state index is 12.1. The smallest absolute Gasteiger partial charge is 0.234 e. The SMILES string of the molecule is Cc1ccc(C(=O)[O-])cc1NC(=O)CSc1nc2ccccc2s1. The van der Waals surface area contributed by atoms with Crippen LogP contribution in [0.1, 0.15) is 15.9 Å². The van der Waals surface area contributed by atoms with E-state index in [-0.39, 0.29) is 17.2 Å². The van der Waals surface area contributed by atoms with Crippen molar-refractivity contribution < 1.29 is 14.7 Å². The molecule has 3 aromatic rings. The Morgan fingerprint density at radius 2 is 2.04 bits per heavy atom. The number of carbonyl (C=O) groups is 2. The summed E-state index contributed by atoms with van der Waals surface area (Å²) in [6, 6.07) is 12.3. The maximum absolute atomic E-state index is 12.1. The van der Waals surface area contributed by atoms with Crippen molar-refractivity contribution in [1.29, 1.82) is 0 Å². The van der Waals surface area contributed by atoms with Crippen LogP contribution in [0.4, 0.5) is 5.69 Å². The van der Waals surface area contributed by atoms with Crippen LogP contribution < -0.4 is 10.4 Å². The third kappa shape index (κ3) is 3.74. The molecule has 7 heteroatoms. The van der Waals surface area contributed by atoms with E-state index in [0.717, 1.165) is 20.1 Å². The van der Waals surface area contributed by atoms with Crippen LogP contribution in [0.15, 0.2) is 46.8 Å². The summed E-state index contributed by atoms with van der Waals surface area (Å²) in [5.41, 5.74) is 2.22. The van der Waals surface area contributed by atoms with Crippen molar-refractivity contribution >= 4 is 50.9 Å². The minimum absolute atomic E-state index is 0.0368. The molecule has 1 aromatic heterocycles. The van der Waals surface area contributed by atoms with Gasteiger partial charge in [-0.3, -0.25) is 4.79 Å². The van der Waals surface area contributed by atoms with E-state index in [1.807, 2.05) is 24.3 Å². The first-order valence-corrected chi connectivity index (χ1v) is 8.93. The summed E-state index contributed by atoms with van der Waals surface area (Å²) in [4.78, 5) is 27.5. The summed E-state index contributed by atoms with van der Waals surface area (Å²) in [5.74, 6) is -1.28. The Balaban J connectivity index is 1.65. The highest BCUT2D eigenvalue weighted by atomic mass is 32.2. The van der Waals surface area contributed by atoms with Crippen molar-refractivity contribution in [2.24, 2.45) is 0 Å². The lowest BCUT2D eigenvalue weighted by Crippen LogP contribution is -2.23. The molecule has 0 aliphatic rings. The molecule has 3 rings (SSSR count). The van der Waals surface area contributed by atoms with Gasteiger partial charge in [-0.2, -0.15) is 0 Å². The minimum Gasteiger partial charge on any atom is -0.545 e. The highest BCUT2D eigenvalue weighted by Crippen LogP contribution is 2.29. The molecule has 2 aromatic carbocycles. The van der Waals surface area contributed by atoms with Gasteiger partial charge in [0.2, 0.25) is 5.91 Å². The molecule has 1 N–H and O–H groups in total. The van der Waals surface area contributed by atoms with Crippen LogP contribution in [0.25, 0.3) is 10.2 Å². The number of thioether (sulfide) groups is 1. The lowest BCUT2D eigenvalue weighted by Gasteiger charge is -2.10. The van der Waals surface area contributed by atoms with Crippen molar-refractivity contribution in [3.05, 3.63) is 53.6 Å². The van der Waals surface area contributed by atoms with Gasteiger partial charge in [-0.15, -0.1) is 11.3 Å². The number of aromatic nitrogens is 1. The number of aromatic carboxylic acids is 1. The van der Waals surface area contributed by atoms with Crippen molar-refractivity contribution in [2.75, 3.05) is 11.1 Å². The van der Waals surface area contributed by atoms with E-state index in [1.54, 1.807) is 24.3 Å². The molecule has 0 fully saturated rings. The van der Waals surface area contributed by atoms with Gasteiger partial charge >= 0.3 is 0 Å². The van der Waals surface area contributed by atoms with Crippen LogP contribution in [0.2, 0.25) is 0 Å². The van der Waals surface area contributed by atoms with E-state index in [2.05, 4.69) is 10.3 Å². The minimum atomic E-state index is -1.27. The molecule has 5 nitrogen and oxygen atoms in total. The van der Waals surface area contributed by atoms with Crippen LogP contribution >= 0.6 is 23.1 Å². The molecular weight excluding hydrogens is 344 g/mol. The zero-order valence-electron chi connectivity index (χ0n) is 12.7. The fourth-order valence-corrected chi connectivity index (χ4v) is 3.98. The Kier molecular flexibility index (Phi) is 4.82. The van der Waals surface area contributed by atoms with Gasteiger partial charge in [0.25, 0.3) is 0 Å². The predicted octanol–water partition coefficient (Wildman–Crippen LogP) is 2.70. The molecule has 0 radical (unpaired) electrons. The van der Waals surface area contributed by atoms with Crippen LogP contribution in [-0.2, 0) is 4.79 Å². The molecule has 0 saturated carbocycles. The first-order valence-electron chi connectivity index (χ1n) is 7.13. The number of para-hydroxylation sites is 1. The van der Waals surface area contributed by atoms with Gasteiger partial charge in [0.15, 0.2) is 4.34 Å². The number of carboxylic acids is 1. The Hall–Kier alpha value is -2.38. The fourth-order valence-electron chi connectivity index (χ4n) is 2.11. The molecule has 0 spiro atoms. The largest absolute Gasteiger partial charge is 0.545 e. The normalized spacial score (nSPS) is 10.7. The second-order valence-electron chi connectivity index (χ2n) is 5.10. The summed E-state index contributed by atoms with van der Waals surface area (Å²) in [5, 5.41) is 13.6. The number of carbonyl (C=O) groups excluding carboxylic acids is 2. The molecular formula is C17H13N2O3S2-. The molecule has 24 heavy (non-hydrogen) atoms. The van der Waals surface area contributed by atoms with Gasteiger partial charge in [-0.1, -0.05) is 36.0 Å². The Morgan fingerprint density at radius 3 is 2.79 bits per heavy atom. The van der Waals surface area contributed by atoms with Crippen LogP contribution in [0, 0.1) is 6.92 Å². The molecule has 0 unspecified atom stereocenters. The number of amides is 1. The number of fused-ring (bicyclic) bond motifs is 1. The lowest BCUT2D eigenvalue weighted by atomic mass is 10.1. The molecule has 1 amide bonds. The molecule has 0 atom stereocenters. The third-order valence-corrected chi connectivity index (χ3v) is 5.53. The molecule has 122 valence electrons. The molecule has 0 saturated heterocycles. The number of hydrogen-bond acceptors (Lipinski definition) is 6. The van der Waals surface area contributed by atoms with Crippen molar-refractivity contribution in [3.63, 3.8) is 0 Å². The van der Waals surface area contributed by atoms with Crippen LogP contribution in [0.3, 0.4) is 0 Å². The lowest BCUT2D eigenvalue weighted by molar-refractivity contribution is -0.255. The zero-order valence-corrected chi connectivity index (χ0v) is 14.4. The highest BCUT2D eigenvalue weighted by Gasteiger charge is 2.09. The average molecular weight is 357 g/mol. The molecule has 0 bridgehead atoms. The van der Waals surface area contributed by atoms with E-state index >= 15 is 0 Å². The fraction of sp³-hybridized carbons (Fsp3) is 0.118. The monoisotopic (exact) mass is 357 g/mol. The number of benzene rings is 2. The number of nitrogens with one attached hydrogen (secondary N) is 1. The Labute approximate surface area is 146 Å². The van der Waals surface area contributed by atoms with Gasteiger partial charge in [0.1, 0.15) is 0 Å².